The number of hydrogen-bond donors (Lipinski definition) is 1. The average Bonchev–Trinajstić information content (AvgIpc) is 3.02. The molecule has 0 saturated heterocycles. The minimum absolute atomic E-state index is 0.0235. The van der Waals surface area contributed by atoms with Crippen LogP contribution in [-0.4, -0.2) is 36.7 Å². The predicted molar refractivity (Wildman–Crippen MR) is 175 cm³/mol. The maximum atomic E-state index is 12.9. The van der Waals surface area contributed by atoms with Crippen LogP contribution in [0.1, 0.15) is 84.2 Å². The van der Waals surface area contributed by atoms with Crippen molar-refractivity contribution in [1.82, 2.24) is 10.2 Å². The van der Waals surface area contributed by atoms with Crippen LogP contribution in [0.4, 0.5) is 13.2 Å². The zero-order valence-electron chi connectivity index (χ0n) is 26.8. The molecule has 0 heterocycles. The highest BCUT2D eigenvalue weighted by Gasteiger charge is 2.30. The molecule has 6 nitrogen and oxygen atoms in total. The van der Waals surface area contributed by atoms with E-state index < -0.39 is 11.7 Å². The number of carbonyl (C=O) groups is 2. The molecule has 0 aliphatic carbocycles. The molecule has 9 heteroatoms. The molecule has 1 amide bonds. The van der Waals surface area contributed by atoms with Crippen molar-refractivity contribution in [3.8, 4) is 17.6 Å². The zero-order chi connectivity index (χ0) is 33.7. The molecule has 0 fully saturated rings. The summed E-state index contributed by atoms with van der Waals surface area (Å²) < 4.78 is 44.0. The molecule has 0 bridgehead atoms. The van der Waals surface area contributed by atoms with Gasteiger partial charge in [0.15, 0.2) is 5.78 Å². The first-order chi connectivity index (χ1) is 22.0. The minimum Gasteiger partial charge on any atom is -0.457 e. The number of nitriles is 1. The number of ketones is 1. The van der Waals surface area contributed by atoms with E-state index in [0.29, 0.717) is 42.2 Å². The molecule has 0 saturated carbocycles. The van der Waals surface area contributed by atoms with Crippen molar-refractivity contribution in [1.29, 1.82) is 5.26 Å². The lowest BCUT2D eigenvalue weighted by Gasteiger charge is -2.23. The normalized spacial score (nSPS) is 12.3. The van der Waals surface area contributed by atoms with E-state index in [-0.39, 0.29) is 23.9 Å². The second-order valence-electron chi connectivity index (χ2n) is 11.4. The van der Waals surface area contributed by atoms with Gasteiger partial charge in [0, 0.05) is 49.1 Å². The maximum Gasteiger partial charge on any atom is 0.416 e. The summed E-state index contributed by atoms with van der Waals surface area (Å²) in [6, 6.07) is 16.8. The number of benzene rings is 3. The Morgan fingerprint density at radius 1 is 1.02 bits per heavy atom. The SMILES string of the molecule is C=c1ccc(C(=O)NCCC#N)c(CC)/c1=C/N(C)CC(CCC)CCCC(=O)c1ccc(Oc2ccc(C(F)(F)F)cc2)cc1. The predicted octanol–water partition coefficient (Wildman–Crippen LogP) is 7.25. The Kier molecular flexibility index (Phi) is 13.4. The maximum absolute atomic E-state index is 12.9. The number of halogens is 3. The van der Waals surface area contributed by atoms with Crippen LogP contribution in [0.3, 0.4) is 0 Å². The van der Waals surface area contributed by atoms with Gasteiger partial charge in [-0.2, -0.15) is 18.4 Å². The molecule has 0 aromatic heterocycles. The van der Waals surface area contributed by atoms with Gasteiger partial charge in [0.25, 0.3) is 5.91 Å². The van der Waals surface area contributed by atoms with E-state index in [4.69, 9.17) is 10.00 Å². The fourth-order valence-electron chi connectivity index (χ4n) is 5.46. The Hall–Kier alpha value is -4.58. The van der Waals surface area contributed by atoms with Gasteiger partial charge in [-0.1, -0.05) is 32.9 Å². The van der Waals surface area contributed by atoms with Crippen molar-refractivity contribution in [2.75, 3.05) is 20.1 Å². The largest absolute Gasteiger partial charge is 0.457 e. The number of alkyl halides is 3. The van der Waals surface area contributed by atoms with Crippen LogP contribution in [-0.2, 0) is 12.6 Å². The molecule has 0 radical (unpaired) electrons. The van der Waals surface area contributed by atoms with E-state index in [2.05, 4.69) is 29.9 Å². The van der Waals surface area contributed by atoms with E-state index in [1.807, 2.05) is 26.1 Å². The fourth-order valence-corrected chi connectivity index (χ4v) is 5.46. The molecule has 244 valence electrons. The summed E-state index contributed by atoms with van der Waals surface area (Å²) in [6.07, 6.45) is 2.61. The summed E-state index contributed by atoms with van der Waals surface area (Å²) in [5, 5.41) is 13.4. The molecule has 3 aromatic carbocycles. The first-order valence-electron chi connectivity index (χ1n) is 15.6. The molecule has 46 heavy (non-hydrogen) atoms. The van der Waals surface area contributed by atoms with E-state index in [0.717, 1.165) is 60.4 Å². The van der Waals surface area contributed by atoms with Crippen molar-refractivity contribution < 1.29 is 27.5 Å². The third-order valence-corrected chi connectivity index (χ3v) is 7.77. The highest BCUT2D eigenvalue weighted by Crippen LogP contribution is 2.31. The number of nitrogens with one attached hydrogen (secondary N) is 1. The molecular weight excluding hydrogens is 591 g/mol. The number of ether oxygens (including phenoxy) is 1. The van der Waals surface area contributed by atoms with Gasteiger partial charge >= 0.3 is 6.18 Å². The van der Waals surface area contributed by atoms with E-state index in [1.165, 1.54) is 12.1 Å². The van der Waals surface area contributed by atoms with Crippen molar-refractivity contribution in [2.24, 2.45) is 5.92 Å². The molecule has 3 rings (SSSR count). The summed E-state index contributed by atoms with van der Waals surface area (Å²) in [5.41, 5.74) is 1.33. The third kappa shape index (κ3) is 10.5. The van der Waals surface area contributed by atoms with Crippen molar-refractivity contribution >= 4 is 24.5 Å². The van der Waals surface area contributed by atoms with Gasteiger partial charge in [-0.05, 0) is 97.0 Å². The Morgan fingerprint density at radius 2 is 1.67 bits per heavy atom. The monoisotopic (exact) mass is 633 g/mol. The van der Waals surface area contributed by atoms with Crippen LogP contribution in [0.25, 0.3) is 12.8 Å². The van der Waals surface area contributed by atoms with Gasteiger partial charge in [-0.25, -0.2) is 0 Å². The van der Waals surface area contributed by atoms with Crippen LogP contribution < -0.4 is 20.5 Å². The summed E-state index contributed by atoms with van der Waals surface area (Å²) in [6.45, 7) is 9.44. The second kappa shape index (κ2) is 17.2. The van der Waals surface area contributed by atoms with Gasteiger partial charge in [-0.3, -0.25) is 9.59 Å². The topological polar surface area (TPSA) is 82.4 Å². The Morgan fingerprint density at radius 3 is 2.26 bits per heavy atom. The molecule has 0 spiro atoms. The van der Waals surface area contributed by atoms with Crippen LogP contribution in [0.15, 0.2) is 60.7 Å². The summed E-state index contributed by atoms with van der Waals surface area (Å²) in [7, 11) is 2.01. The van der Waals surface area contributed by atoms with Gasteiger partial charge < -0.3 is 15.0 Å². The lowest BCUT2D eigenvalue weighted by Crippen LogP contribution is -2.36. The highest BCUT2D eigenvalue weighted by atomic mass is 19.4. The lowest BCUT2D eigenvalue weighted by atomic mass is 9.94. The Labute approximate surface area is 269 Å². The van der Waals surface area contributed by atoms with E-state index in [1.54, 1.807) is 30.3 Å². The second-order valence-corrected chi connectivity index (χ2v) is 11.4. The van der Waals surface area contributed by atoms with Crippen LogP contribution in [0, 0.1) is 17.2 Å². The van der Waals surface area contributed by atoms with Gasteiger partial charge in [0.05, 0.1) is 18.1 Å². The first kappa shape index (κ1) is 35.9. The number of Topliss-reactive ketones (excluding diaryl/α,β-unsaturated/α-hetero) is 1. The summed E-state index contributed by atoms with van der Waals surface area (Å²) in [4.78, 5) is 27.8. The summed E-state index contributed by atoms with van der Waals surface area (Å²) >= 11 is 0. The first-order valence-corrected chi connectivity index (χ1v) is 15.6. The van der Waals surface area contributed by atoms with Gasteiger partial charge in [-0.15, -0.1) is 0 Å². The number of hydrogen-bond acceptors (Lipinski definition) is 5. The highest BCUT2D eigenvalue weighted by molar-refractivity contribution is 5.96. The van der Waals surface area contributed by atoms with Gasteiger partial charge in [0.2, 0.25) is 0 Å². The molecule has 0 aliphatic rings. The van der Waals surface area contributed by atoms with E-state index >= 15 is 0 Å². The van der Waals surface area contributed by atoms with Crippen LogP contribution >= 0.6 is 0 Å². The van der Waals surface area contributed by atoms with Crippen molar-refractivity contribution in [3.05, 3.63) is 93.4 Å². The fraction of sp³-hybridized carbons (Fsp3) is 0.378. The van der Waals surface area contributed by atoms with Crippen molar-refractivity contribution in [2.45, 2.75) is 65.0 Å². The minimum atomic E-state index is -4.41. The standard InChI is InChI=1S/C37H42F3N3O3/c1-5-9-27(24-43(4)25-34-26(3)12-21-33(32(34)6-2)36(45)42-23-8-22-41)10-7-11-35(44)28-13-17-30(18-14-28)46-31-19-15-29(16-20-31)37(38,39)40/h12-21,25,27H,3,5-11,23-24H2,1-2,4H3,(H,42,45)/b34-25+. The zero-order valence-corrected chi connectivity index (χ0v) is 26.8. The van der Waals surface area contributed by atoms with Crippen molar-refractivity contribution in [3.63, 3.8) is 0 Å². The lowest BCUT2D eigenvalue weighted by molar-refractivity contribution is -0.137. The molecule has 1 atom stereocenters. The Bertz CT molecular complexity index is 1610. The molecule has 1 unspecified atom stereocenters. The quantitative estimate of drug-likeness (QED) is 0.133. The Balaban J connectivity index is 1.59. The molecular formula is C37H42F3N3O3. The van der Waals surface area contributed by atoms with Crippen LogP contribution in [0.2, 0.25) is 0 Å². The smallest absolute Gasteiger partial charge is 0.416 e. The molecule has 0 aliphatic heterocycles. The van der Waals surface area contributed by atoms with Gasteiger partial charge in [0.1, 0.15) is 11.5 Å². The molecule has 1 N–H and O–H groups in total. The molecule has 3 aromatic rings. The summed E-state index contributed by atoms with van der Waals surface area (Å²) in [5.74, 6) is 0.906. The number of rotatable bonds is 16. The van der Waals surface area contributed by atoms with Crippen LogP contribution in [0.5, 0.6) is 11.5 Å². The third-order valence-electron chi connectivity index (χ3n) is 7.77. The number of nitrogens with zero attached hydrogens (tertiary/aromatic N) is 2. The van der Waals surface area contributed by atoms with E-state index in [9.17, 15) is 22.8 Å². The average molecular weight is 634 g/mol. The number of carbonyl (C=O) groups excluding carboxylic acids is 2. The number of amides is 1.